The molecule has 9 heteroatoms. The number of hydrogen-bond donors (Lipinski definition) is 0. The predicted molar refractivity (Wildman–Crippen MR) is 96.7 cm³/mol. The lowest BCUT2D eigenvalue weighted by Gasteiger charge is -2.36. The fourth-order valence-electron chi connectivity index (χ4n) is 4.00. The topological polar surface area (TPSA) is 87.0 Å². The van der Waals surface area contributed by atoms with E-state index in [0.717, 1.165) is 29.9 Å². The third kappa shape index (κ3) is 3.65. The molecule has 3 fully saturated rings. The molecule has 0 N–H and O–H groups in total. The van der Waals surface area contributed by atoms with Gasteiger partial charge in [-0.25, -0.2) is 0 Å². The molecule has 8 nitrogen and oxygen atoms in total. The van der Waals surface area contributed by atoms with Crippen LogP contribution < -0.4 is 0 Å². The number of carbonyl (C=O) groups is 1. The summed E-state index contributed by atoms with van der Waals surface area (Å²) in [6.45, 7) is 5.26. The van der Waals surface area contributed by atoms with Crippen molar-refractivity contribution in [1.82, 2.24) is 18.7 Å². The molecule has 4 rings (SSSR count). The van der Waals surface area contributed by atoms with Crippen LogP contribution in [0.25, 0.3) is 0 Å². The van der Waals surface area contributed by atoms with Crippen molar-refractivity contribution in [3.05, 3.63) is 17.0 Å². The van der Waals surface area contributed by atoms with Gasteiger partial charge in [-0.15, -0.1) is 0 Å². The van der Waals surface area contributed by atoms with Crippen LogP contribution in [-0.2, 0) is 21.4 Å². The van der Waals surface area contributed by atoms with Crippen molar-refractivity contribution in [3.63, 3.8) is 0 Å². The maximum absolute atomic E-state index is 12.8. The van der Waals surface area contributed by atoms with Gasteiger partial charge in [0.25, 0.3) is 10.2 Å². The number of piperidine rings is 1. The number of aryl methyl sites for hydroxylation is 2. The highest BCUT2D eigenvalue weighted by molar-refractivity contribution is 7.86. The fourth-order valence-corrected chi connectivity index (χ4v) is 5.22. The standard InChI is InChI=1S/C17H28N4O4S/c1-12-16(13(2)25-18-12)7-8-17(22)21-10-14-5-6-15(21)11-20(9-14)26(23,24)19(3)4/h14-15H,5-11H2,1-4H3/t14-,15+/m0/s1. The summed E-state index contributed by atoms with van der Waals surface area (Å²) < 4.78 is 33.0. The van der Waals surface area contributed by atoms with E-state index in [4.69, 9.17) is 4.52 Å². The Hall–Kier alpha value is -1.45. The van der Waals surface area contributed by atoms with Gasteiger partial charge in [0.1, 0.15) is 5.76 Å². The minimum Gasteiger partial charge on any atom is -0.361 e. The summed E-state index contributed by atoms with van der Waals surface area (Å²) in [4.78, 5) is 14.7. The van der Waals surface area contributed by atoms with E-state index in [1.807, 2.05) is 18.7 Å². The number of aromatic nitrogens is 1. The number of rotatable bonds is 5. The van der Waals surface area contributed by atoms with Gasteiger partial charge in [-0.3, -0.25) is 4.79 Å². The summed E-state index contributed by atoms with van der Waals surface area (Å²) in [6.07, 6.45) is 2.83. The molecule has 2 atom stereocenters. The highest BCUT2D eigenvalue weighted by Gasteiger charge is 2.41. The number of hydrogen-bond acceptors (Lipinski definition) is 5. The summed E-state index contributed by atoms with van der Waals surface area (Å²) in [5.74, 6) is 1.05. The molecule has 0 saturated carbocycles. The Kier molecular flexibility index (Phi) is 5.41. The van der Waals surface area contributed by atoms with Crippen molar-refractivity contribution in [2.24, 2.45) is 5.92 Å². The Morgan fingerprint density at radius 1 is 1.23 bits per heavy atom. The van der Waals surface area contributed by atoms with Crippen LogP contribution in [0.1, 0.15) is 36.3 Å². The van der Waals surface area contributed by atoms with E-state index in [1.165, 1.54) is 8.61 Å². The molecule has 3 aliphatic rings. The van der Waals surface area contributed by atoms with E-state index in [9.17, 15) is 13.2 Å². The third-order valence-electron chi connectivity index (χ3n) is 5.56. The second-order valence-electron chi connectivity index (χ2n) is 7.55. The first kappa shape index (κ1) is 19.3. The monoisotopic (exact) mass is 384 g/mol. The Morgan fingerprint density at radius 3 is 2.58 bits per heavy atom. The third-order valence-corrected chi connectivity index (χ3v) is 7.43. The van der Waals surface area contributed by atoms with Crippen LogP contribution in [0.15, 0.2) is 4.52 Å². The maximum Gasteiger partial charge on any atom is 0.281 e. The smallest absolute Gasteiger partial charge is 0.281 e. The molecule has 0 spiro atoms. The summed E-state index contributed by atoms with van der Waals surface area (Å²) in [5, 5.41) is 3.94. The number of fused-ring (bicyclic) bond motifs is 4. The van der Waals surface area contributed by atoms with E-state index >= 15 is 0 Å². The van der Waals surface area contributed by atoms with Crippen LogP contribution in [0.5, 0.6) is 0 Å². The Morgan fingerprint density at radius 2 is 1.96 bits per heavy atom. The molecule has 1 amide bonds. The van der Waals surface area contributed by atoms with Gasteiger partial charge >= 0.3 is 0 Å². The van der Waals surface area contributed by atoms with Crippen molar-refractivity contribution in [2.75, 3.05) is 33.7 Å². The average Bonchev–Trinajstić information content (AvgIpc) is 2.79. The molecule has 0 unspecified atom stereocenters. The summed E-state index contributed by atoms with van der Waals surface area (Å²) in [7, 11) is -0.349. The molecule has 3 saturated heterocycles. The molecular formula is C17H28N4O4S. The van der Waals surface area contributed by atoms with Gasteiger partial charge in [0, 0.05) is 51.8 Å². The van der Waals surface area contributed by atoms with Gasteiger partial charge in [-0.1, -0.05) is 5.16 Å². The number of carbonyl (C=O) groups excluding carboxylic acids is 1. The van der Waals surface area contributed by atoms with E-state index in [-0.39, 0.29) is 17.9 Å². The lowest BCUT2D eigenvalue weighted by atomic mass is 9.94. The zero-order valence-electron chi connectivity index (χ0n) is 15.9. The van der Waals surface area contributed by atoms with Gasteiger partial charge in [0.15, 0.2) is 0 Å². The first-order chi connectivity index (χ1) is 12.2. The lowest BCUT2D eigenvalue weighted by Crippen LogP contribution is -2.48. The fraction of sp³-hybridized carbons (Fsp3) is 0.765. The van der Waals surface area contributed by atoms with Crippen LogP contribution in [-0.4, -0.2) is 72.8 Å². The van der Waals surface area contributed by atoms with Crippen LogP contribution >= 0.6 is 0 Å². The van der Waals surface area contributed by atoms with E-state index in [2.05, 4.69) is 5.16 Å². The zero-order chi connectivity index (χ0) is 19.1. The second kappa shape index (κ2) is 7.28. The van der Waals surface area contributed by atoms with Gasteiger partial charge in [0.05, 0.1) is 5.69 Å². The second-order valence-corrected chi connectivity index (χ2v) is 9.70. The molecule has 26 heavy (non-hydrogen) atoms. The molecule has 146 valence electrons. The van der Waals surface area contributed by atoms with Gasteiger partial charge < -0.3 is 9.42 Å². The quantitative estimate of drug-likeness (QED) is 0.754. The molecular weight excluding hydrogens is 356 g/mol. The van der Waals surface area contributed by atoms with Gasteiger partial charge in [0.2, 0.25) is 5.91 Å². The Bertz CT molecular complexity index is 754. The first-order valence-corrected chi connectivity index (χ1v) is 10.5. The minimum absolute atomic E-state index is 0.0411. The molecule has 2 bridgehead atoms. The minimum atomic E-state index is -3.45. The van der Waals surface area contributed by atoms with Crippen LogP contribution in [0.2, 0.25) is 0 Å². The van der Waals surface area contributed by atoms with Crippen LogP contribution in [0, 0.1) is 19.8 Å². The van der Waals surface area contributed by atoms with Crippen molar-refractivity contribution in [3.8, 4) is 0 Å². The molecule has 1 aromatic heterocycles. The number of amides is 1. The lowest BCUT2D eigenvalue weighted by molar-refractivity contribution is -0.135. The van der Waals surface area contributed by atoms with Crippen molar-refractivity contribution >= 4 is 16.1 Å². The molecule has 0 radical (unpaired) electrons. The summed E-state index contributed by atoms with van der Waals surface area (Å²) >= 11 is 0. The first-order valence-electron chi connectivity index (χ1n) is 9.09. The normalized spacial score (nSPS) is 24.3. The average molecular weight is 385 g/mol. The molecule has 0 aromatic carbocycles. The number of nitrogens with zero attached hydrogens (tertiary/aromatic N) is 4. The Balaban J connectivity index is 1.69. The SMILES string of the molecule is Cc1noc(C)c1CCC(=O)N1C[C@H]2CC[C@@H]1CN(S(=O)(=O)N(C)C)C2. The van der Waals surface area contributed by atoms with Gasteiger partial charge in [-0.05, 0) is 39.0 Å². The van der Waals surface area contributed by atoms with Crippen LogP contribution in [0.4, 0.5) is 0 Å². The predicted octanol–water partition coefficient (Wildman–Crippen LogP) is 0.953. The largest absolute Gasteiger partial charge is 0.361 e. The molecule has 3 aliphatic heterocycles. The van der Waals surface area contributed by atoms with Crippen molar-refractivity contribution in [1.29, 1.82) is 0 Å². The van der Waals surface area contributed by atoms with Crippen molar-refractivity contribution in [2.45, 2.75) is 45.6 Å². The summed E-state index contributed by atoms with van der Waals surface area (Å²) in [6, 6.07) is -0.0411. The summed E-state index contributed by atoms with van der Waals surface area (Å²) in [5.41, 5.74) is 1.83. The highest BCUT2D eigenvalue weighted by atomic mass is 32.2. The van der Waals surface area contributed by atoms with Gasteiger partial charge in [-0.2, -0.15) is 17.0 Å². The molecule has 4 heterocycles. The van der Waals surface area contributed by atoms with Crippen LogP contribution in [0.3, 0.4) is 0 Å². The van der Waals surface area contributed by atoms with E-state index in [1.54, 1.807) is 14.1 Å². The molecule has 0 aliphatic carbocycles. The molecule has 1 aromatic rings. The van der Waals surface area contributed by atoms with E-state index < -0.39 is 10.2 Å². The van der Waals surface area contributed by atoms with E-state index in [0.29, 0.717) is 32.5 Å². The zero-order valence-corrected chi connectivity index (χ0v) is 16.8. The Labute approximate surface area is 155 Å². The maximum atomic E-state index is 12.8. The highest BCUT2D eigenvalue weighted by Crippen LogP contribution is 2.30. The van der Waals surface area contributed by atoms with Crippen molar-refractivity contribution < 1.29 is 17.7 Å².